The van der Waals surface area contributed by atoms with Crippen LogP contribution >= 0.6 is 22.5 Å². The fourth-order valence-electron chi connectivity index (χ4n) is 1.60. The molecule has 0 fully saturated rings. The summed E-state index contributed by atoms with van der Waals surface area (Å²) in [6, 6.07) is 17.2. The second-order valence-corrected chi connectivity index (χ2v) is 4.50. The molecular formula is C13H10NOS2. The Morgan fingerprint density at radius 2 is 1.65 bits per heavy atom. The Balaban J connectivity index is 2.51. The molecule has 0 saturated carbocycles. The molecule has 0 aliphatic carbocycles. The molecule has 0 aromatic heterocycles. The molecule has 1 N–H and O–H groups in total. The Kier molecular flexibility index (Phi) is 4.12. The summed E-state index contributed by atoms with van der Waals surface area (Å²) in [4.78, 5) is 0.916. The van der Waals surface area contributed by atoms with Crippen molar-refractivity contribution in [1.29, 1.82) is 0 Å². The van der Waals surface area contributed by atoms with Gasteiger partial charge < -0.3 is 5.21 Å². The third-order valence-electron chi connectivity index (χ3n) is 2.38. The zero-order valence-electron chi connectivity index (χ0n) is 8.91. The number of benzene rings is 2. The Bertz CT molecular complexity index is 526. The van der Waals surface area contributed by atoms with Crippen LogP contribution in [0.3, 0.4) is 0 Å². The van der Waals surface area contributed by atoms with Crippen molar-refractivity contribution in [2.24, 2.45) is 5.16 Å². The van der Waals surface area contributed by atoms with Crippen molar-refractivity contribution in [3.8, 4) is 0 Å². The molecule has 0 atom stereocenters. The van der Waals surface area contributed by atoms with Gasteiger partial charge in [-0.15, -0.1) is 0 Å². The number of nitrogens with zero attached hydrogens (tertiary/aromatic N) is 1. The molecule has 2 nitrogen and oxygen atoms in total. The van der Waals surface area contributed by atoms with Gasteiger partial charge >= 0.3 is 0 Å². The zero-order chi connectivity index (χ0) is 12.1. The van der Waals surface area contributed by atoms with Gasteiger partial charge in [-0.3, -0.25) is 0 Å². The predicted octanol–water partition coefficient (Wildman–Crippen LogP) is 4.12. The first-order valence-corrected chi connectivity index (χ1v) is 6.77. The van der Waals surface area contributed by atoms with Gasteiger partial charge in [0.2, 0.25) is 0 Å². The van der Waals surface area contributed by atoms with E-state index in [-0.39, 0.29) is 0 Å². The highest BCUT2D eigenvalue weighted by molar-refractivity contribution is 8.68. The summed E-state index contributed by atoms with van der Waals surface area (Å²) in [5.74, 6) is 0. The second kappa shape index (κ2) is 5.80. The Morgan fingerprint density at radius 1 is 1.00 bits per heavy atom. The maximum Gasteiger partial charge on any atom is 0.118 e. The quantitative estimate of drug-likeness (QED) is 0.390. The molecule has 85 valence electrons. The van der Waals surface area contributed by atoms with E-state index < -0.39 is 0 Å². The third-order valence-corrected chi connectivity index (χ3v) is 3.45. The molecule has 0 unspecified atom stereocenters. The first-order valence-electron chi connectivity index (χ1n) is 5.03. The number of hydrogen-bond donors (Lipinski definition) is 1. The molecule has 2 aromatic rings. The Morgan fingerprint density at radius 3 is 2.29 bits per heavy atom. The minimum Gasteiger partial charge on any atom is -0.410 e. The molecule has 0 aliphatic heterocycles. The van der Waals surface area contributed by atoms with E-state index in [4.69, 9.17) is 11.7 Å². The molecule has 2 aromatic carbocycles. The SMILES string of the molecule is ON=C(c1ccccc1)c1ccccc1S[S]. The molecule has 0 bridgehead atoms. The highest BCUT2D eigenvalue weighted by atomic mass is 33.1. The summed E-state index contributed by atoms with van der Waals surface area (Å²) < 4.78 is 0. The van der Waals surface area contributed by atoms with Gasteiger partial charge in [0.05, 0.1) is 0 Å². The Hall–Kier alpha value is -1.39. The lowest BCUT2D eigenvalue weighted by atomic mass is 10.0. The van der Waals surface area contributed by atoms with Gasteiger partial charge in [-0.25, -0.2) is 0 Å². The maximum absolute atomic E-state index is 9.20. The standard InChI is InChI=1S/C13H10NOS2/c15-14-13(10-6-2-1-3-7-10)11-8-4-5-9-12(11)17-16/h1-9,15H. The van der Waals surface area contributed by atoms with Crippen molar-refractivity contribution in [3.05, 3.63) is 65.7 Å². The highest BCUT2D eigenvalue weighted by Crippen LogP contribution is 2.27. The van der Waals surface area contributed by atoms with Gasteiger partial charge in [-0.1, -0.05) is 53.7 Å². The summed E-state index contributed by atoms with van der Waals surface area (Å²) in [5, 5.41) is 12.6. The third kappa shape index (κ3) is 2.65. The molecule has 0 saturated heterocycles. The van der Waals surface area contributed by atoms with Crippen LogP contribution in [0.25, 0.3) is 0 Å². The normalized spacial score (nSPS) is 11.5. The van der Waals surface area contributed by atoms with Crippen LogP contribution in [0.2, 0.25) is 0 Å². The molecular weight excluding hydrogens is 250 g/mol. The predicted molar refractivity (Wildman–Crippen MR) is 73.8 cm³/mol. The van der Waals surface area contributed by atoms with E-state index in [0.717, 1.165) is 16.0 Å². The van der Waals surface area contributed by atoms with Gasteiger partial charge in [0.15, 0.2) is 0 Å². The van der Waals surface area contributed by atoms with Crippen molar-refractivity contribution in [3.63, 3.8) is 0 Å². The van der Waals surface area contributed by atoms with Crippen LogP contribution in [0.5, 0.6) is 0 Å². The van der Waals surface area contributed by atoms with Gasteiger partial charge in [0.25, 0.3) is 0 Å². The first kappa shape index (κ1) is 12.1. The maximum atomic E-state index is 9.20. The van der Waals surface area contributed by atoms with Crippen LogP contribution < -0.4 is 0 Å². The second-order valence-electron chi connectivity index (χ2n) is 3.39. The van der Waals surface area contributed by atoms with E-state index in [2.05, 4.69) is 5.16 Å². The average Bonchev–Trinajstić information content (AvgIpc) is 2.41. The molecule has 0 amide bonds. The first-order chi connectivity index (χ1) is 8.36. The summed E-state index contributed by atoms with van der Waals surface area (Å²) >= 11 is 5.00. The zero-order valence-corrected chi connectivity index (χ0v) is 10.5. The van der Waals surface area contributed by atoms with E-state index in [1.807, 2.05) is 54.6 Å². The average molecular weight is 260 g/mol. The molecule has 0 heterocycles. The Labute approximate surface area is 109 Å². The van der Waals surface area contributed by atoms with Gasteiger partial charge in [-0.05, 0) is 28.5 Å². The number of hydrogen-bond acceptors (Lipinski definition) is 3. The van der Waals surface area contributed by atoms with E-state index in [0.29, 0.717) is 5.71 Å². The minimum atomic E-state index is 0.540. The lowest BCUT2D eigenvalue weighted by Gasteiger charge is -2.08. The van der Waals surface area contributed by atoms with Crippen LogP contribution in [0.4, 0.5) is 0 Å². The fraction of sp³-hybridized carbons (Fsp3) is 0. The van der Waals surface area contributed by atoms with E-state index >= 15 is 0 Å². The van der Waals surface area contributed by atoms with Crippen LogP contribution in [-0.4, -0.2) is 10.9 Å². The highest BCUT2D eigenvalue weighted by Gasteiger charge is 2.11. The van der Waals surface area contributed by atoms with Crippen LogP contribution in [0.1, 0.15) is 11.1 Å². The summed E-state index contributed by atoms with van der Waals surface area (Å²) in [5.41, 5.74) is 2.26. The lowest BCUT2D eigenvalue weighted by molar-refractivity contribution is 0.319. The van der Waals surface area contributed by atoms with Crippen molar-refractivity contribution in [2.75, 3.05) is 0 Å². The lowest BCUT2D eigenvalue weighted by Crippen LogP contribution is -2.04. The van der Waals surface area contributed by atoms with E-state index in [9.17, 15) is 5.21 Å². The van der Waals surface area contributed by atoms with Crippen molar-refractivity contribution >= 4 is 28.2 Å². The topological polar surface area (TPSA) is 32.6 Å². The van der Waals surface area contributed by atoms with Crippen molar-refractivity contribution in [1.82, 2.24) is 0 Å². The van der Waals surface area contributed by atoms with Crippen molar-refractivity contribution in [2.45, 2.75) is 4.90 Å². The largest absolute Gasteiger partial charge is 0.410 e. The summed E-state index contributed by atoms with van der Waals surface area (Å²) in [6.07, 6.45) is 0. The van der Waals surface area contributed by atoms with Crippen LogP contribution in [-0.2, 0) is 0 Å². The van der Waals surface area contributed by atoms with Gasteiger partial charge in [0.1, 0.15) is 5.71 Å². The molecule has 1 radical (unpaired) electrons. The van der Waals surface area contributed by atoms with Crippen molar-refractivity contribution < 1.29 is 5.21 Å². The monoisotopic (exact) mass is 260 g/mol. The number of oxime groups is 1. The fourth-order valence-corrected chi connectivity index (χ4v) is 2.42. The van der Waals surface area contributed by atoms with Crippen LogP contribution in [0.15, 0.2) is 64.6 Å². The van der Waals surface area contributed by atoms with Gasteiger partial charge in [-0.2, -0.15) is 0 Å². The summed E-state index contributed by atoms with van der Waals surface area (Å²) in [6.45, 7) is 0. The van der Waals surface area contributed by atoms with Crippen LogP contribution in [0, 0.1) is 0 Å². The summed E-state index contributed by atoms with van der Waals surface area (Å²) in [7, 11) is 1.23. The molecule has 0 spiro atoms. The minimum absolute atomic E-state index is 0.540. The molecule has 4 heteroatoms. The van der Waals surface area contributed by atoms with Gasteiger partial charge in [0, 0.05) is 16.0 Å². The molecule has 17 heavy (non-hydrogen) atoms. The van der Waals surface area contributed by atoms with E-state index in [1.54, 1.807) is 0 Å². The molecule has 2 rings (SSSR count). The molecule has 0 aliphatic rings. The van der Waals surface area contributed by atoms with E-state index in [1.165, 1.54) is 10.8 Å². The smallest absolute Gasteiger partial charge is 0.118 e. The number of rotatable bonds is 3.